The van der Waals surface area contributed by atoms with E-state index in [9.17, 15) is 4.79 Å². The Labute approximate surface area is 139 Å². The third-order valence-electron chi connectivity index (χ3n) is 3.53. The number of aromatic nitrogens is 3. The van der Waals surface area contributed by atoms with Gasteiger partial charge in [0.15, 0.2) is 5.65 Å². The zero-order valence-corrected chi connectivity index (χ0v) is 13.6. The zero-order valence-electron chi connectivity index (χ0n) is 13.6. The molecule has 0 saturated heterocycles. The molecule has 0 aliphatic carbocycles. The molecule has 2 N–H and O–H groups in total. The first-order valence-corrected chi connectivity index (χ1v) is 7.61. The van der Waals surface area contributed by atoms with Crippen molar-refractivity contribution in [2.75, 3.05) is 32.6 Å². The highest BCUT2D eigenvalue weighted by atomic mass is 16.5. The number of nitrogens with one attached hydrogen (secondary N) is 2. The standard InChI is InChI=1S/C17H19N5O2/c1-22(2)9-10-24-15-6-4-3-5-12(15)17(23)20-14-7-8-18-16-13(14)11-19-21-16/h3-8,11H,9-10H2,1-2H3,(H2,18,19,20,21,23). The number of fused-ring (bicyclic) bond motifs is 1. The lowest BCUT2D eigenvalue weighted by atomic mass is 10.1. The summed E-state index contributed by atoms with van der Waals surface area (Å²) in [6, 6.07) is 8.94. The normalized spacial score (nSPS) is 11.0. The van der Waals surface area contributed by atoms with Crippen LogP contribution in [0.4, 0.5) is 5.69 Å². The average molecular weight is 325 g/mol. The molecule has 1 amide bonds. The highest BCUT2D eigenvalue weighted by Gasteiger charge is 2.14. The fourth-order valence-corrected chi connectivity index (χ4v) is 2.27. The van der Waals surface area contributed by atoms with Gasteiger partial charge in [-0.3, -0.25) is 9.89 Å². The molecule has 0 saturated carbocycles. The van der Waals surface area contributed by atoms with Crippen molar-refractivity contribution >= 4 is 22.6 Å². The summed E-state index contributed by atoms with van der Waals surface area (Å²) in [7, 11) is 3.95. The van der Waals surface area contributed by atoms with Gasteiger partial charge in [0.1, 0.15) is 12.4 Å². The highest BCUT2D eigenvalue weighted by molar-refractivity contribution is 6.09. The zero-order chi connectivity index (χ0) is 16.9. The van der Waals surface area contributed by atoms with E-state index in [1.807, 2.05) is 31.1 Å². The van der Waals surface area contributed by atoms with Crippen LogP contribution in [0.15, 0.2) is 42.7 Å². The number of rotatable bonds is 6. The largest absolute Gasteiger partial charge is 0.491 e. The van der Waals surface area contributed by atoms with Crippen molar-refractivity contribution in [1.82, 2.24) is 20.1 Å². The van der Waals surface area contributed by atoms with Gasteiger partial charge in [0.05, 0.1) is 22.8 Å². The molecule has 7 heteroatoms. The number of pyridine rings is 1. The fraction of sp³-hybridized carbons (Fsp3) is 0.235. The van der Waals surface area contributed by atoms with E-state index in [0.717, 1.165) is 11.9 Å². The summed E-state index contributed by atoms with van der Waals surface area (Å²) < 4.78 is 5.75. The van der Waals surface area contributed by atoms with Crippen LogP contribution >= 0.6 is 0 Å². The number of H-pyrrole nitrogens is 1. The molecule has 2 aromatic heterocycles. The predicted octanol–water partition coefficient (Wildman–Crippen LogP) is 2.15. The quantitative estimate of drug-likeness (QED) is 0.725. The molecule has 3 aromatic rings. The smallest absolute Gasteiger partial charge is 0.259 e. The van der Waals surface area contributed by atoms with Crippen LogP contribution in [0.1, 0.15) is 10.4 Å². The molecule has 0 radical (unpaired) electrons. The van der Waals surface area contributed by atoms with E-state index < -0.39 is 0 Å². The molecular formula is C17H19N5O2. The third-order valence-corrected chi connectivity index (χ3v) is 3.53. The lowest BCUT2D eigenvalue weighted by Crippen LogP contribution is -2.20. The van der Waals surface area contributed by atoms with Gasteiger partial charge in [0.2, 0.25) is 0 Å². The molecule has 0 spiro atoms. The van der Waals surface area contributed by atoms with Crippen molar-refractivity contribution < 1.29 is 9.53 Å². The van der Waals surface area contributed by atoms with E-state index in [2.05, 4.69) is 20.5 Å². The van der Waals surface area contributed by atoms with Gasteiger partial charge in [-0.05, 0) is 32.3 Å². The van der Waals surface area contributed by atoms with Gasteiger partial charge in [0.25, 0.3) is 5.91 Å². The summed E-state index contributed by atoms with van der Waals surface area (Å²) in [5, 5.41) is 10.4. The maximum absolute atomic E-state index is 12.6. The number of anilines is 1. The molecule has 0 unspecified atom stereocenters. The van der Waals surface area contributed by atoms with Gasteiger partial charge in [-0.25, -0.2) is 4.98 Å². The van der Waals surface area contributed by atoms with Crippen molar-refractivity contribution in [3.8, 4) is 5.75 Å². The number of carbonyl (C=O) groups excluding carboxylic acids is 1. The first-order chi connectivity index (χ1) is 11.6. The number of hydrogen-bond acceptors (Lipinski definition) is 5. The van der Waals surface area contributed by atoms with Crippen LogP contribution in [-0.2, 0) is 0 Å². The molecule has 3 rings (SSSR count). The van der Waals surface area contributed by atoms with E-state index in [1.54, 1.807) is 30.6 Å². The van der Waals surface area contributed by atoms with Crippen molar-refractivity contribution in [2.45, 2.75) is 0 Å². The van der Waals surface area contributed by atoms with E-state index in [1.165, 1.54) is 0 Å². The van der Waals surface area contributed by atoms with Gasteiger partial charge >= 0.3 is 0 Å². The van der Waals surface area contributed by atoms with Gasteiger partial charge < -0.3 is 15.0 Å². The summed E-state index contributed by atoms with van der Waals surface area (Å²) in [6.07, 6.45) is 3.26. The number of likely N-dealkylation sites (N-methyl/N-ethyl adjacent to an activating group) is 1. The first-order valence-electron chi connectivity index (χ1n) is 7.61. The van der Waals surface area contributed by atoms with Crippen LogP contribution in [0.5, 0.6) is 5.75 Å². The van der Waals surface area contributed by atoms with Crippen LogP contribution in [0.2, 0.25) is 0 Å². The summed E-state index contributed by atoms with van der Waals surface area (Å²) >= 11 is 0. The number of ether oxygens (including phenoxy) is 1. The van der Waals surface area contributed by atoms with Crippen molar-refractivity contribution in [3.63, 3.8) is 0 Å². The SMILES string of the molecule is CN(C)CCOc1ccccc1C(=O)Nc1ccnc2[nH]ncc12. The van der Waals surface area contributed by atoms with Crippen LogP contribution in [-0.4, -0.2) is 53.2 Å². The number of aromatic amines is 1. The molecule has 0 atom stereocenters. The molecule has 24 heavy (non-hydrogen) atoms. The highest BCUT2D eigenvalue weighted by Crippen LogP contribution is 2.23. The van der Waals surface area contributed by atoms with Gasteiger partial charge in [-0.15, -0.1) is 0 Å². The van der Waals surface area contributed by atoms with E-state index in [4.69, 9.17) is 4.74 Å². The number of carbonyl (C=O) groups is 1. The minimum Gasteiger partial charge on any atom is -0.491 e. The Balaban J connectivity index is 1.79. The summed E-state index contributed by atoms with van der Waals surface area (Å²) in [4.78, 5) is 18.8. The second-order valence-corrected chi connectivity index (χ2v) is 5.59. The Kier molecular flexibility index (Phi) is 4.72. The maximum atomic E-state index is 12.6. The predicted molar refractivity (Wildman–Crippen MR) is 92.3 cm³/mol. The lowest BCUT2D eigenvalue weighted by Gasteiger charge is -2.14. The molecule has 1 aromatic carbocycles. The molecule has 0 aliphatic rings. The second-order valence-electron chi connectivity index (χ2n) is 5.59. The molecule has 2 heterocycles. The third kappa shape index (κ3) is 3.52. The average Bonchev–Trinajstić information content (AvgIpc) is 3.04. The Morgan fingerprint density at radius 2 is 2.12 bits per heavy atom. The first kappa shape index (κ1) is 15.9. The molecular weight excluding hydrogens is 306 g/mol. The topological polar surface area (TPSA) is 83.1 Å². The molecule has 124 valence electrons. The Morgan fingerprint density at radius 3 is 2.96 bits per heavy atom. The minimum atomic E-state index is -0.232. The molecule has 0 bridgehead atoms. The van der Waals surface area contributed by atoms with Crippen molar-refractivity contribution in [3.05, 3.63) is 48.3 Å². The number of benzene rings is 1. The Morgan fingerprint density at radius 1 is 1.29 bits per heavy atom. The van der Waals surface area contributed by atoms with Crippen molar-refractivity contribution in [2.24, 2.45) is 0 Å². The van der Waals surface area contributed by atoms with E-state index in [0.29, 0.717) is 29.3 Å². The van der Waals surface area contributed by atoms with Crippen LogP contribution < -0.4 is 10.1 Å². The van der Waals surface area contributed by atoms with Gasteiger partial charge in [-0.1, -0.05) is 12.1 Å². The monoisotopic (exact) mass is 325 g/mol. The van der Waals surface area contributed by atoms with Gasteiger partial charge in [0, 0.05) is 12.7 Å². The van der Waals surface area contributed by atoms with Crippen LogP contribution in [0.3, 0.4) is 0 Å². The molecule has 0 aliphatic heterocycles. The maximum Gasteiger partial charge on any atom is 0.259 e. The molecule has 7 nitrogen and oxygen atoms in total. The number of amides is 1. The Bertz CT molecular complexity index is 844. The Hall–Kier alpha value is -2.93. The summed E-state index contributed by atoms with van der Waals surface area (Å²) in [5.41, 5.74) is 1.77. The molecule has 0 fully saturated rings. The van der Waals surface area contributed by atoms with Crippen LogP contribution in [0.25, 0.3) is 11.0 Å². The van der Waals surface area contributed by atoms with E-state index >= 15 is 0 Å². The van der Waals surface area contributed by atoms with E-state index in [-0.39, 0.29) is 5.91 Å². The number of para-hydroxylation sites is 1. The number of nitrogens with zero attached hydrogens (tertiary/aromatic N) is 3. The summed E-state index contributed by atoms with van der Waals surface area (Å²) in [5.74, 6) is 0.332. The number of hydrogen-bond donors (Lipinski definition) is 2. The summed E-state index contributed by atoms with van der Waals surface area (Å²) in [6.45, 7) is 1.29. The second kappa shape index (κ2) is 7.10. The van der Waals surface area contributed by atoms with Crippen LogP contribution in [0, 0.1) is 0 Å². The van der Waals surface area contributed by atoms with Crippen molar-refractivity contribution in [1.29, 1.82) is 0 Å². The fourth-order valence-electron chi connectivity index (χ4n) is 2.27. The van der Waals surface area contributed by atoms with Gasteiger partial charge in [-0.2, -0.15) is 5.10 Å². The lowest BCUT2D eigenvalue weighted by molar-refractivity contribution is 0.102. The minimum absolute atomic E-state index is 0.232.